The van der Waals surface area contributed by atoms with Crippen molar-refractivity contribution in [3.63, 3.8) is 0 Å². The van der Waals surface area contributed by atoms with E-state index in [9.17, 15) is 0 Å². The molecule has 0 atom stereocenters. The number of hydrogen-bond acceptors (Lipinski definition) is 0. The fourth-order valence-electron chi connectivity index (χ4n) is 2.82. The van der Waals surface area contributed by atoms with Crippen molar-refractivity contribution >= 4 is 40.3 Å². The molecule has 2 heteroatoms. The molecule has 0 fully saturated rings. The van der Waals surface area contributed by atoms with Crippen molar-refractivity contribution in [2.24, 2.45) is 0 Å². The molecule has 0 unspecified atom stereocenters. The van der Waals surface area contributed by atoms with Crippen LogP contribution in [0.15, 0.2) is 90.8 Å². The summed E-state index contributed by atoms with van der Waals surface area (Å²) in [4.78, 5) is 0. The molecule has 0 aliphatic carbocycles. The van der Waals surface area contributed by atoms with Crippen molar-refractivity contribution in [2.45, 2.75) is 0 Å². The second kappa shape index (κ2) is 6.17. The van der Waals surface area contributed by atoms with E-state index in [4.69, 9.17) is 0 Å². The summed E-state index contributed by atoms with van der Waals surface area (Å²) in [7, 11) is 0. The van der Waals surface area contributed by atoms with Gasteiger partial charge < -0.3 is 0 Å². The van der Waals surface area contributed by atoms with Gasteiger partial charge in [-0.2, -0.15) is 0 Å². The van der Waals surface area contributed by atoms with Crippen molar-refractivity contribution < 1.29 is 0 Å². The van der Waals surface area contributed by atoms with Gasteiger partial charge in [-0.25, -0.2) is 0 Å². The molecule has 1 aliphatic rings. The monoisotopic (exact) mass is 396 g/mol. The zero-order valence-electron chi connectivity index (χ0n) is 12.1. The molecule has 1 heterocycles. The molecule has 0 nitrogen and oxygen atoms in total. The maximum absolute atomic E-state index is 2.47. The number of rotatable bonds is 3. The maximum atomic E-state index is 2.47. The summed E-state index contributed by atoms with van der Waals surface area (Å²) in [6.07, 6.45) is 0. The molecule has 0 saturated heterocycles. The Labute approximate surface area is 142 Å². The van der Waals surface area contributed by atoms with E-state index in [1.807, 2.05) is 0 Å². The van der Waals surface area contributed by atoms with E-state index in [-0.39, 0.29) is 20.9 Å². The van der Waals surface area contributed by atoms with Gasteiger partial charge in [-0.1, -0.05) is 0 Å². The van der Waals surface area contributed by atoms with Crippen LogP contribution in [0.2, 0.25) is 0 Å². The van der Waals surface area contributed by atoms with Crippen molar-refractivity contribution in [2.75, 3.05) is 0 Å². The Hall–Kier alpha value is -1.75. The average Bonchev–Trinajstić information content (AvgIpc) is 3.29. The normalized spacial score (nSPS) is 14.6. The molecular weight excluding hydrogens is 379 g/mol. The number of hydrogen-bond donors (Lipinski definition) is 0. The van der Waals surface area contributed by atoms with Crippen LogP contribution in [0.3, 0.4) is 0 Å². The molecule has 0 bridgehead atoms. The third-order valence-electron chi connectivity index (χ3n) is 3.96. The molecule has 0 radical (unpaired) electrons. The van der Waals surface area contributed by atoms with Crippen LogP contribution >= 0.6 is 0 Å². The molecular formula is C20H15BTe-2. The van der Waals surface area contributed by atoms with Crippen molar-refractivity contribution in [1.82, 2.24) is 0 Å². The fraction of sp³-hybridized carbons (Fsp3) is 0. The van der Waals surface area contributed by atoms with Gasteiger partial charge in [0.15, 0.2) is 0 Å². The summed E-state index contributed by atoms with van der Waals surface area (Å²) < 4.78 is 3.12. The molecule has 3 aromatic carbocycles. The Morgan fingerprint density at radius 1 is 0.636 bits per heavy atom. The zero-order chi connectivity index (χ0) is 14.8. The van der Waals surface area contributed by atoms with Crippen LogP contribution in [0.1, 0.15) is 11.1 Å². The Kier molecular flexibility index (Phi) is 3.89. The first kappa shape index (κ1) is 13.9. The van der Waals surface area contributed by atoms with Crippen LogP contribution in [-0.4, -0.2) is 27.6 Å². The van der Waals surface area contributed by atoms with Gasteiger partial charge in [-0.15, -0.1) is 0 Å². The first-order valence-corrected chi connectivity index (χ1v) is 9.84. The van der Waals surface area contributed by atoms with Crippen LogP contribution in [0.5, 0.6) is 0 Å². The molecule has 1 aliphatic heterocycles. The van der Waals surface area contributed by atoms with Crippen LogP contribution < -0.4 is 5.46 Å². The standard InChI is InChI=1S/C20H15BTe/c1-2-12-18(13-3-1)21-14-19(16-8-4-5-9-16)22-20(15-21)17-10-6-7-11-17/h1-15H/q-2. The van der Waals surface area contributed by atoms with Crippen molar-refractivity contribution in [1.29, 1.82) is 0 Å². The second-order valence-corrected chi connectivity index (χ2v) is 8.54. The topological polar surface area (TPSA) is 0 Å². The molecule has 0 N–H and O–H groups in total. The zero-order valence-corrected chi connectivity index (χ0v) is 14.5. The summed E-state index contributed by atoms with van der Waals surface area (Å²) in [5, 5.41) is 0. The van der Waals surface area contributed by atoms with Gasteiger partial charge in [-0.05, 0) is 0 Å². The van der Waals surface area contributed by atoms with E-state index < -0.39 is 0 Å². The van der Waals surface area contributed by atoms with E-state index >= 15 is 0 Å². The molecule has 22 heavy (non-hydrogen) atoms. The fourth-order valence-corrected chi connectivity index (χ4v) is 6.17. The van der Waals surface area contributed by atoms with Crippen LogP contribution in [-0.2, 0) is 0 Å². The molecule has 0 spiro atoms. The molecule has 106 valence electrons. The molecule has 3 aromatic rings. The predicted molar refractivity (Wildman–Crippen MR) is 97.6 cm³/mol. The van der Waals surface area contributed by atoms with Gasteiger partial charge in [0.05, 0.1) is 0 Å². The summed E-state index contributed by atoms with van der Waals surface area (Å²) in [5.74, 6) is 4.94. The summed E-state index contributed by atoms with van der Waals surface area (Å²) in [6.45, 7) is 0.384. The van der Waals surface area contributed by atoms with Crippen LogP contribution in [0, 0.1) is 0 Å². The predicted octanol–water partition coefficient (Wildman–Crippen LogP) is 3.70. The van der Waals surface area contributed by atoms with Crippen LogP contribution in [0.25, 0.3) is 7.24 Å². The molecule has 0 saturated carbocycles. The van der Waals surface area contributed by atoms with Crippen LogP contribution in [0.4, 0.5) is 0 Å². The second-order valence-electron chi connectivity index (χ2n) is 5.45. The van der Waals surface area contributed by atoms with E-state index in [1.165, 1.54) is 16.6 Å². The SMILES string of the molecule is C1=C([c-]2cccc2)[Te]C([c-]2cccc2)=CB1c1ccccc1. The van der Waals surface area contributed by atoms with E-state index in [2.05, 4.69) is 90.8 Å². The van der Waals surface area contributed by atoms with Gasteiger partial charge >= 0.3 is 142 Å². The van der Waals surface area contributed by atoms with E-state index in [0.29, 0.717) is 6.71 Å². The third-order valence-corrected chi connectivity index (χ3v) is 7.34. The Morgan fingerprint density at radius 2 is 1.14 bits per heavy atom. The summed E-state index contributed by atoms with van der Waals surface area (Å²) in [5.41, 5.74) is 4.18. The first-order valence-electron chi connectivity index (χ1n) is 7.51. The Bertz CT molecular complexity index is 743. The Balaban J connectivity index is 1.77. The van der Waals surface area contributed by atoms with Gasteiger partial charge in [-0.3, -0.25) is 0 Å². The van der Waals surface area contributed by atoms with Gasteiger partial charge in [0.25, 0.3) is 0 Å². The van der Waals surface area contributed by atoms with E-state index in [1.54, 1.807) is 7.24 Å². The quantitative estimate of drug-likeness (QED) is 0.470. The van der Waals surface area contributed by atoms with Gasteiger partial charge in [0.2, 0.25) is 0 Å². The molecule has 0 amide bonds. The van der Waals surface area contributed by atoms with E-state index in [0.717, 1.165) is 0 Å². The molecule has 4 rings (SSSR count). The first-order chi connectivity index (χ1) is 10.9. The van der Waals surface area contributed by atoms with Gasteiger partial charge in [0.1, 0.15) is 0 Å². The minimum absolute atomic E-state index is 0.325. The minimum atomic E-state index is -0.325. The third kappa shape index (κ3) is 2.77. The van der Waals surface area contributed by atoms with Crippen molar-refractivity contribution in [3.8, 4) is 0 Å². The van der Waals surface area contributed by atoms with Gasteiger partial charge in [0, 0.05) is 0 Å². The Morgan fingerprint density at radius 3 is 1.64 bits per heavy atom. The van der Waals surface area contributed by atoms with Crippen molar-refractivity contribution in [3.05, 3.63) is 102 Å². The average molecular weight is 394 g/mol. The number of benzene rings is 1. The molecule has 0 aromatic heterocycles. The summed E-state index contributed by atoms with van der Waals surface area (Å²) >= 11 is -0.325. The summed E-state index contributed by atoms with van der Waals surface area (Å²) in [6, 6.07) is 28.3.